The van der Waals surface area contributed by atoms with Gasteiger partial charge in [0.25, 0.3) is 11.5 Å². The second-order valence-corrected chi connectivity index (χ2v) is 7.31. The fourth-order valence-corrected chi connectivity index (χ4v) is 3.99. The first-order valence-corrected chi connectivity index (χ1v) is 9.66. The number of amides is 1. The molecule has 6 heteroatoms. The van der Waals surface area contributed by atoms with E-state index in [9.17, 15) is 9.59 Å². The van der Waals surface area contributed by atoms with E-state index in [1.165, 1.54) is 25.7 Å². The Balaban J connectivity index is 1.42. The molecule has 2 aromatic rings. The number of ether oxygens (including phenoxy) is 1. The lowest BCUT2D eigenvalue weighted by atomic mass is 10.1. The third-order valence-electron chi connectivity index (χ3n) is 5.38. The van der Waals surface area contributed by atoms with Crippen LogP contribution >= 0.6 is 0 Å². The first-order valence-electron chi connectivity index (χ1n) is 9.66. The number of nitrogens with one attached hydrogen (secondary N) is 1. The third kappa shape index (κ3) is 3.59. The van der Waals surface area contributed by atoms with Gasteiger partial charge in [-0.25, -0.2) is 4.98 Å². The molecule has 1 aromatic heterocycles. The Labute approximate surface area is 152 Å². The number of aryl methyl sites for hydroxylation is 1. The van der Waals surface area contributed by atoms with Crippen LogP contribution in [0.4, 0.5) is 0 Å². The highest BCUT2D eigenvalue weighted by Gasteiger charge is 2.17. The van der Waals surface area contributed by atoms with Crippen molar-refractivity contribution in [3.63, 3.8) is 0 Å². The largest absolute Gasteiger partial charge is 0.484 e. The zero-order valence-electron chi connectivity index (χ0n) is 15.0. The number of hydrogen-bond donors (Lipinski definition) is 1. The Morgan fingerprint density at radius 3 is 2.81 bits per heavy atom. The summed E-state index contributed by atoms with van der Waals surface area (Å²) in [6, 6.07) is 5.55. The average molecular weight is 355 g/mol. The zero-order chi connectivity index (χ0) is 17.9. The van der Waals surface area contributed by atoms with Gasteiger partial charge in [-0.2, -0.15) is 0 Å². The molecule has 1 saturated carbocycles. The number of aromatic nitrogens is 2. The fourth-order valence-electron chi connectivity index (χ4n) is 3.99. The van der Waals surface area contributed by atoms with E-state index in [0.29, 0.717) is 16.7 Å². The summed E-state index contributed by atoms with van der Waals surface area (Å²) >= 11 is 0. The minimum atomic E-state index is -0.0965. The van der Waals surface area contributed by atoms with Crippen molar-refractivity contribution >= 4 is 16.8 Å². The first-order chi connectivity index (χ1) is 12.7. The van der Waals surface area contributed by atoms with Crippen molar-refractivity contribution in [3.05, 3.63) is 34.4 Å². The summed E-state index contributed by atoms with van der Waals surface area (Å²) in [6.07, 6.45) is 8.79. The van der Waals surface area contributed by atoms with E-state index >= 15 is 0 Å². The average Bonchev–Trinajstić information content (AvgIpc) is 2.97. The lowest BCUT2D eigenvalue weighted by Gasteiger charge is -2.16. The summed E-state index contributed by atoms with van der Waals surface area (Å²) in [5.74, 6) is 1.30. The van der Waals surface area contributed by atoms with E-state index in [2.05, 4.69) is 10.3 Å². The quantitative estimate of drug-likeness (QED) is 0.856. The van der Waals surface area contributed by atoms with Crippen molar-refractivity contribution in [2.75, 3.05) is 6.61 Å². The SMILES string of the molecule is O=C(COc1ccc2nc3n(c(=O)c2c1)CCC3)NC1CCCCCC1. The Morgan fingerprint density at radius 1 is 1.19 bits per heavy atom. The fraction of sp³-hybridized carbons (Fsp3) is 0.550. The molecule has 4 rings (SSSR count). The number of carbonyl (C=O) groups excluding carboxylic acids is 1. The summed E-state index contributed by atoms with van der Waals surface area (Å²) in [5, 5.41) is 3.62. The minimum Gasteiger partial charge on any atom is -0.484 e. The predicted molar refractivity (Wildman–Crippen MR) is 99.5 cm³/mol. The normalized spacial score (nSPS) is 17.7. The van der Waals surface area contributed by atoms with Crippen LogP contribution in [0, 0.1) is 0 Å². The molecular formula is C20H25N3O3. The highest BCUT2D eigenvalue weighted by atomic mass is 16.5. The van der Waals surface area contributed by atoms with Crippen molar-refractivity contribution in [3.8, 4) is 5.75 Å². The number of nitrogens with zero attached hydrogens (tertiary/aromatic N) is 2. The number of benzene rings is 1. The van der Waals surface area contributed by atoms with Crippen LogP contribution in [-0.2, 0) is 17.8 Å². The molecule has 138 valence electrons. The highest BCUT2D eigenvalue weighted by molar-refractivity contribution is 5.80. The number of carbonyl (C=O) groups is 1. The lowest BCUT2D eigenvalue weighted by Crippen LogP contribution is -2.37. The van der Waals surface area contributed by atoms with Gasteiger partial charge in [0.15, 0.2) is 6.61 Å². The second kappa shape index (κ2) is 7.48. The Hall–Kier alpha value is -2.37. The topological polar surface area (TPSA) is 73.2 Å². The molecule has 1 amide bonds. The molecule has 0 radical (unpaired) electrons. The van der Waals surface area contributed by atoms with Crippen molar-refractivity contribution in [2.24, 2.45) is 0 Å². The smallest absolute Gasteiger partial charge is 0.261 e. The van der Waals surface area contributed by atoms with Crippen LogP contribution in [0.2, 0.25) is 0 Å². The van der Waals surface area contributed by atoms with Crippen molar-refractivity contribution in [1.82, 2.24) is 14.9 Å². The van der Waals surface area contributed by atoms with Crippen LogP contribution in [-0.4, -0.2) is 28.1 Å². The van der Waals surface area contributed by atoms with E-state index < -0.39 is 0 Å². The molecule has 2 heterocycles. The molecule has 2 aliphatic rings. The molecule has 0 bridgehead atoms. The molecule has 1 aliphatic carbocycles. The first kappa shape index (κ1) is 17.1. The van der Waals surface area contributed by atoms with Gasteiger partial charge in [-0.1, -0.05) is 25.7 Å². The van der Waals surface area contributed by atoms with Crippen molar-refractivity contribution < 1.29 is 9.53 Å². The van der Waals surface area contributed by atoms with Gasteiger partial charge in [0.2, 0.25) is 0 Å². The van der Waals surface area contributed by atoms with Gasteiger partial charge in [-0.05, 0) is 37.5 Å². The zero-order valence-corrected chi connectivity index (χ0v) is 15.0. The lowest BCUT2D eigenvalue weighted by molar-refractivity contribution is -0.123. The van der Waals surface area contributed by atoms with E-state index in [1.807, 2.05) is 0 Å². The van der Waals surface area contributed by atoms with Crippen LogP contribution in [0.15, 0.2) is 23.0 Å². The summed E-state index contributed by atoms with van der Waals surface area (Å²) in [5.41, 5.74) is 0.675. The van der Waals surface area contributed by atoms with Gasteiger partial charge in [0.05, 0.1) is 10.9 Å². The molecule has 0 atom stereocenters. The maximum atomic E-state index is 12.6. The molecule has 1 aliphatic heterocycles. The van der Waals surface area contributed by atoms with Crippen LogP contribution in [0.5, 0.6) is 5.75 Å². The van der Waals surface area contributed by atoms with E-state index in [1.54, 1.807) is 22.8 Å². The molecular weight excluding hydrogens is 330 g/mol. The Kier molecular flexibility index (Phi) is 4.91. The van der Waals surface area contributed by atoms with Gasteiger partial charge in [0.1, 0.15) is 11.6 Å². The standard InChI is InChI=1S/C20H25N3O3/c24-19(21-14-6-3-1-2-4-7-14)13-26-15-9-10-17-16(12-15)20(25)23-11-5-8-18(23)22-17/h9-10,12,14H,1-8,11,13H2,(H,21,24). The molecule has 1 aromatic carbocycles. The highest BCUT2D eigenvalue weighted by Crippen LogP contribution is 2.20. The monoisotopic (exact) mass is 355 g/mol. The molecule has 0 saturated heterocycles. The van der Waals surface area contributed by atoms with Crippen LogP contribution in [0.3, 0.4) is 0 Å². The summed E-state index contributed by atoms with van der Waals surface area (Å²) < 4.78 is 7.38. The van der Waals surface area contributed by atoms with E-state index in [-0.39, 0.29) is 24.1 Å². The van der Waals surface area contributed by atoms with E-state index in [0.717, 1.165) is 38.1 Å². The van der Waals surface area contributed by atoms with Gasteiger partial charge < -0.3 is 10.1 Å². The number of fused-ring (bicyclic) bond motifs is 2. The van der Waals surface area contributed by atoms with Gasteiger partial charge >= 0.3 is 0 Å². The maximum Gasteiger partial charge on any atom is 0.261 e. The third-order valence-corrected chi connectivity index (χ3v) is 5.38. The second-order valence-electron chi connectivity index (χ2n) is 7.31. The Morgan fingerprint density at radius 2 is 2.00 bits per heavy atom. The van der Waals surface area contributed by atoms with Gasteiger partial charge in [0, 0.05) is 19.0 Å². The summed E-state index contributed by atoms with van der Waals surface area (Å²) in [6.45, 7) is 0.702. The van der Waals surface area contributed by atoms with Crippen LogP contribution in [0.25, 0.3) is 10.9 Å². The van der Waals surface area contributed by atoms with Crippen molar-refractivity contribution in [2.45, 2.75) is 64.0 Å². The van der Waals surface area contributed by atoms with Gasteiger partial charge in [-0.3, -0.25) is 14.2 Å². The summed E-state index contributed by atoms with van der Waals surface area (Å²) in [4.78, 5) is 29.3. The number of rotatable bonds is 4. The predicted octanol–water partition coefficient (Wildman–Crippen LogP) is 2.56. The Bertz CT molecular complexity index is 866. The molecule has 6 nitrogen and oxygen atoms in total. The van der Waals surface area contributed by atoms with E-state index in [4.69, 9.17) is 4.74 Å². The van der Waals surface area contributed by atoms with Crippen LogP contribution < -0.4 is 15.6 Å². The van der Waals surface area contributed by atoms with Crippen molar-refractivity contribution in [1.29, 1.82) is 0 Å². The van der Waals surface area contributed by atoms with Crippen LogP contribution in [0.1, 0.15) is 50.8 Å². The van der Waals surface area contributed by atoms with Gasteiger partial charge in [-0.15, -0.1) is 0 Å². The molecule has 1 fully saturated rings. The number of hydrogen-bond acceptors (Lipinski definition) is 4. The molecule has 0 unspecified atom stereocenters. The molecule has 26 heavy (non-hydrogen) atoms. The minimum absolute atomic E-state index is 0.0177. The molecule has 1 N–H and O–H groups in total. The summed E-state index contributed by atoms with van der Waals surface area (Å²) in [7, 11) is 0. The molecule has 0 spiro atoms. The maximum absolute atomic E-state index is 12.6.